The van der Waals surface area contributed by atoms with Crippen molar-refractivity contribution in [2.45, 2.75) is 64.8 Å². The number of carbonyl (C=O) groups is 1. The molecule has 2 aromatic heterocycles. The number of rotatable bonds is 4. The zero-order chi connectivity index (χ0) is 20.6. The van der Waals surface area contributed by atoms with Crippen LogP contribution in [0, 0.1) is 5.92 Å². The first-order valence-electron chi connectivity index (χ1n) is 10.8. The molecule has 4 rings (SSSR count). The molecule has 2 aliphatic rings. The molecule has 0 radical (unpaired) electrons. The number of hydrogen-bond acceptors (Lipinski definition) is 5. The van der Waals surface area contributed by atoms with Crippen LogP contribution in [0.3, 0.4) is 0 Å². The highest BCUT2D eigenvalue weighted by Crippen LogP contribution is 2.29. The summed E-state index contributed by atoms with van der Waals surface area (Å²) in [5.41, 5.74) is 0.173. The van der Waals surface area contributed by atoms with Gasteiger partial charge >= 0.3 is 0 Å². The molecule has 1 aliphatic carbocycles. The van der Waals surface area contributed by atoms with Crippen LogP contribution in [0.15, 0.2) is 11.0 Å². The van der Waals surface area contributed by atoms with Crippen LogP contribution in [0.2, 0.25) is 0 Å². The minimum absolute atomic E-state index is 0.171. The second-order valence-electron chi connectivity index (χ2n) is 9.41. The number of aromatic nitrogens is 4. The van der Waals surface area contributed by atoms with Crippen molar-refractivity contribution in [2.75, 3.05) is 31.1 Å². The molecule has 2 fully saturated rings. The molecule has 1 N–H and O–H groups in total. The number of carbonyl (C=O) groups excluding carboxylic acids is 1. The van der Waals surface area contributed by atoms with Gasteiger partial charge in [0.2, 0.25) is 11.9 Å². The van der Waals surface area contributed by atoms with Gasteiger partial charge in [0.15, 0.2) is 5.65 Å². The van der Waals surface area contributed by atoms with Crippen molar-refractivity contribution >= 4 is 22.9 Å². The van der Waals surface area contributed by atoms with Crippen molar-refractivity contribution in [2.24, 2.45) is 5.92 Å². The van der Waals surface area contributed by atoms with Gasteiger partial charge in [-0.1, -0.05) is 25.7 Å². The highest BCUT2D eigenvalue weighted by atomic mass is 16.2. The Morgan fingerprint density at radius 2 is 1.86 bits per heavy atom. The highest BCUT2D eigenvalue weighted by Gasteiger charge is 2.25. The van der Waals surface area contributed by atoms with Crippen molar-refractivity contribution < 1.29 is 4.79 Å². The summed E-state index contributed by atoms with van der Waals surface area (Å²) in [7, 11) is 0. The lowest BCUT2D eigenvalue weighted by atomic mass is 10.0. The summed E-state index contributed by atoms with van der Waals surface area (Å²) in [5.74, 6) is 1.57. The second-order valence-corrected chi connectivity index (χ2v) is 9.41. The maximum absolute atomic E-state index is 12.6. The number of H-pyrrole nitrogens is 1. The fraction of sp³-hybridized carbons (Fsp3) is 0.714. The Morgan fingerprint density at radius 1 is 1.17 bits per heavy atom. The van der Waals surface area contributed by atoms with Crippen LogP contribution in [0.4, 0.5) is 5.95 Å². The molecule has 2 aromatic rings. The number of nitrogens with one attached hydrogen (secondary N) is 1. The van der Waals surface area contributed by atoms with Crippen molar-refractivity contribution in [1.29, 1.82) is 0 Å². The molecule has 1 saturated heterocycles. The second kappa shape index (κ2) is 7.80. The van der Waals surface area contributed by atoms with Gasteiger partial charge in [-0.15, -0.1) is 0 Å². The van der Waals surface area contributed by atoms with E-state index in [1.807, 2.05) is 25.7 Å². The molecule has 158 valence electrons. The van der Waals surface area contributed by atoms with Gasteiger partial charge in [0.1, 0.15) is 5.39 Å². The number of amides is 1. The Balaban J connectivity index is 1.42. The summed E-state index contributed by atoms with van der Waals surface area (Å²) in [6, 6.07) is 0. The summed E-state index contributed by atoms with van der Waals surface area (Å²) in [4.78, 5) is 36.7. The monoisotopic (exact) mass is 400 g/mol. The summed E-state index contributed by atoms with van der Waals surface area (Å²) >= 11 is 0. The van der Waals surface area contributed by atoms with Crippen molar-refractivity contribution in [3.8, 4) is 0 Å². The Labute approximate surface area is 171 Å². The van der Waals surface area contributed by atoms with Crippen LogP contribution in [-0.4, -0.2) is 56.7 Å². The molecule has 29 heavy (non-hydrogen) atoms. The van der Waals surface area contributed by atoms with Crippen LogP contribution in [0.5, 0.6) is 0 Å². The van der Waals surface area contributed by atoms with Crippen LogP contribution in [0.25, 0.3) is 11.0 Å². The number of anilines is 1. The van der Waals surface area contributed by atoms with Gasteiger partial charge in [-0.3, -0.25) is 14.6 Å². The van der Waals surface area contributed by atoms with Crippen molar-refractivity contribution in [3.05, 3.63) is 16.6 Å². The molecule has 0 bridgehead atoms. The largest absolute Gasteiger partial charge is 0.339 e. The summed E-state index contributed by atoms with van der Waals surface area (Å²) in [6.45, 7) is 8.81. The molecule has 0 atom stereocenters. The maximum atomic E-state index is 12.6. The predicted octanol–water partition coefficient (Wildman–Crippen LogP) is 2.49. The first-order valence-corrected chi connectivity index (χ1v) is 10.8. The third-order valence-corrected chi connectivity index (χ3v) is 6.23. The molecule has 0 unspecified atom stereocenters. The van der Waals surface area contributed by atoms with Gasteiger partial charge in [-0.2, -0.15) is 10.1 Å². The van der Waals surface area contributed by atoms with Crippen LogP contribution in [0.1, 0.15) is 59.3 Å². The van der Waals surface area contributed by atoms with Gasteiger partial charge in [0.05, 0.1) is 11.7 Å². The van der Waals surface area contributed by atoms with Crippen LogP contribution >= 0.6 is 0 Å². The maximum Gasteiger partial charge on any atom is 0.263 e. The van der Waals surface area contributed by atoms with E-state index in [4.69, 9.17) is 4.98 Å². The number of piperazine rings is 1. The van der Waals surface area contributed by atoms with Crippen LogP contribution < -0.4 is 10.5 Å². The number of hydrogen-bond donors (Lipinski definition) is 1. The van der Waals surface area contributed by atoms with E-state index in [1.54, 1.807) is 10.9 Å². The minimum atomic E-state index is -0.260. The fourth-order valence-corrected chi connectivity index (χ4v) is 4.50. The lowest BCUT2D eigenvalue weighted by molar-refractivity contribution is -0.131. The molecule has 8 heteroatoms. The SMILES string of the molecule is CC(C)(C)n1ncc2c(=O)[nH]c(N3CCN(C(=O)CCC4CCCC4)CC3)nc21. The van der Waals surface area contributed by atoms with Crippen LogP contribution in [-0.2, 0) is 10.3 Å². The molecule has 3 heterocycles. The highest BCUT2D eigenvalue weighted by molar-refractivity contribution is 5.77. The van der Waals surface area contributed by atoms with E-state index < -0.39 is 0 Å². The van der Waals surface area contributed by atoms with Crippen molar-refractivity contribution in [1.82, 2.24) is 24.6 Å². The summed E-state index contributed by atoms with van der Waals surface area (Å²) < 4.78 is 1.80. The normalized spacial score (nSPS) is 18.7. The molecular formula is C21H32N6O2. The number of aromatic amines is 1. The zero-order valence-corrected chi connectivity index (χ0v) is 17.8. The fourth-order valence-electron chi connectivity index (χ4n) is 4.50. The molecule has 0 aromatic carbocycles. The standard InChI is InChI=1S/C21H32N6O2/c1-21(2,3)27-18-16(14-22-27)19(29)24-20(23-18)26-12-10-25(11-13-26)17(28)9-8-15-6-4-5-7-15/h14-15H,4-13H2,1-3H3,(H,23,24,29). The number of nitrogens with zero attached hydrogens (tertiary/aromatic N) is 5. The van der Waals surface area contributed by atoms with Gasteiger partial charge in [-0.05, 0) is 33.1 Å². The smallest absolute Gasteiger partial charge is 0.263 e. The predicted molar refractivity (Wildman–Crippen MR) is 113 cm³/mol. The van der Waals surface area contributed by atoms with E-state index in [2.05, 4.69) is 15.0 Å². The molecule has 0 spiro atoms. The van der Waals surface area contributed by atoms with Gasteiger partial charge in [-0.25, -0.2) is 4.68 Å². The molecular weight excluding hydrogens is 368 g/mol. The van der Waals surface area contributed by atoms with E-state index >= 15 is 0 Å². The van der Waals surface area contributed by atoms with E-state index in [0.29, 0.717) is 49.6 Å². The Bertz CT molecular complexity index is 927. The molecule has 1 amide bonds. The Hall–Kier alpha value is -2.38. The third kappa shape index (κ3) is 4.16. The average Bonchev–Trinajstić information content (AvgIpc) is 3.35. The van der Waals surface area contributed by atoms with E-state index in [9.17, 15) is 9.59 Å². The van der Waals surface area contributed by atoms with E-state index in [1.165, 1.54) is 25.7 Å². The molecule has 1 saturated carbocycles. The van der Waals surface area contributed by atoms with Gasteiger partial charge in [0.25, 0.3) is 5.56 Å². The summed E-state index contributed by atoms with van der Waals surface area (Å²) in [5, 5.41) is 4.87. The molecule has 8 nitrogen and oxygen atoms in total. The minimum Gasteiger partial charge on any atom is -0.339 e. The third-order valence-electron chi connectivity index (χ3n) is 6.23. The topological polar surface area (TPSA) is 87.1 Å². The lowest BCUT2D eigenvalue weighted by Crippen LogP contribution is -2.49. The van der Waals surface area contributed by atoms with E-state index in [0.717, 1.165) is 12.3 Å². The zero-order valence-electron chi connectivity index (χ0n) is 17.8. The first kappa shape index (κ1) is 19.9. The first-order chi connectivity index (χ1) is 13.8. The quantitative estimate of drug-likeness (QED) is 0.852. The number of fused-ring (bicyclic) bond motifs is 1. The van der Waals surface area contributed by atoms with Gasteiger partial charge < -0.3 is 9.80 Å². The van der Waals surface area contributed by atoms with Gasteiger partial charge in [0, 0.05) is 32.6 Å². The lowest BCUT2D eigenvalue weighted by Gasteiger charge is -2.35. The Morgan fingerprint density at radius 3 is 2.52 bits per heavy atom. The summed E-state index contributed by atoms with van der Waals surface area (Å²) in [6.07, 6.45) is 8.48. The Kier molecular flexibility index (Phi) is 5.36. The average molecular weight is 401 g/mol. The molecule has 1 aliphatic heterocycles. The van der Waals surface area contributed by atoms with Crippen molar-refractivity contribution in [3.63, 3.8) is 0 Å². The van der Waals surface area contributed by atoms with E-state index in [-0.39, 0.29) is 17.0 Å².